The molecule has 20 heavy (non-hydrogen) atoms. The first kappa shape index (κ1) is 19.5. The van der Waals surface area contributed by atoms with Crippen molar-refractivity contribution in [3.05, 3.63) is 11.8 Å². The van der Waals surface area contributed by atoms with Crippen molar-refractivity contribution in [1.82, 2.24) is 0 Å². The molecular weight excluding hydrogens is 275 g/mol. The number of rotatable bonds is 7. The molecule has 5 nitrogen and oxygen atoms in total. The Bertz CT molecular complexity index is 321. The zero-order chi connectivity index (χ0) is 15.9. The van der Waals surface area contributed by atoms with Crippen molar-refractivity contribution in [1.29, 1.82) is 0 Å². The third kappa shape index (κ3) is 11.3. The Balaban J connectivity index is 4.57. The summed E-state index contributed by atoms with van der Waals surface area (Å²) in [7, 11) is 0. The van der Waals surface area contributed by atoms with E-state index < -0.39 is 26.7 Å². The summed E-state index contributed by atoms with van der Waals surface area (Å²) in [6, 6.07) is 0. The molecule has 0 fully saturated rings. The predicted molar refractivity (Wildman–Crippen MR) is 78.9 cm³/mol. The van der Waals surface area contributed by atoms with E-state index in [9.17, 15) is 4.79 Å². The van der Waals surface area contributed by atoms with Crippen molar-refractivity contribution in [3.8, 4) is 0 Å². The van der Waals surface area contributed by atoms with Gasteiger partial charge in [0, 0.05) is 12.2 Å². The fourth-order valence-electron chi connectivity index (χ4n) is 1.22. The number of carbonyl (C=O) groups is 1. The maximum Gasteiger partial charge on any atom is 1.00 e. The second-order valence-corrected chi connectivity index (χ2v) is 7.42. The van der Waals surface area contributed by atoms with Gasteiger partial charge in [-0.2, -0.15) is 0 Å². The van der Waals surface area contributed by atoms with Gasteiger partial charge in [-0.05, 0) is 55.4 Å². The van der Waals surface area contributed by atoms with Crippen LogP contribution in [0.2, 0.25) is 0 Å². The molecule has 0 unspecified atom stereocenters. The van der Waals surface area contributed by atoms with E-state index in [-0.39, 0.29) is 12.2 Å². The Morgan fingerprint density at radius 2 is 1.50 bits per heavy atom. The van der Waals surface area contributed by atoms with Crippen LogP contribution in [0.25, 0.3) is 0 Å². The zero-order valence-electron chi connectivity index (χ0n) is 13.9. The van der Waals surface area contributed by atoms with E-state index >= 15 is 0 Å². The fraction of sp³-hybridized carbons (Fsp3) is 0.786. The van der Waals surface area contributed by atoms with Gasteiger partial charge in [0.2, 0.25) is 0 Å². The first-order valence-corrected chi connectivity index (χ1v) is 8.30. The number of hydrogen-bond acceptors (Lipinski definition) is 5. The summed E-state index contributed by atoms with van der Waals surface area (Å²) < 4.78 is 22.0. The standard InChI is InChI=1S/C8H14O3.2C3H7O.Al/c1-6(9)5-7(10)11-8(2,3)4;2*1-3(2)4;/h5,9H,1-4H3;2*3H,1-2H3;/q;2*-1;+3/p-1/b6-5-;;;. The highest BCUT2D eigenvalue weighted by Gasteiger charge is 2.37. The molecular formula is C14H27AlO5. The lowest BCUT2D eigenvalue weighted by Gasteiger charge is -2.20. The second-order valence-electron chi connectivity index (χ2n) is 6.06. The lowest BCUT2D eigenvalue weighted by atomic mass is 10.2. The smallest absolute Gasteiger partial charge is 0.602 e. The van der Waals surface area contributed by atoms with Crippen molar-refractivity contribution in [2.24, 2.45) is 0 Å². The van der Waals surface area contributed by atoms with E-state index in [2.05, 4.69) is 0 Å². The maximum absolute atomic E-state index is 11.7. The molecule has 0 saturated heterocycles. The van der Waals surface area contributed by atoms with E-state index in [1.807, 2.05) is 48.5 Å². The van der Waals surface area contributed by atoms with Crippen LogP contribution in [0.3, 0.4) is 0 Å². The summed E-state index contributed by atoms with van der Waals surface area (Å²) in [5.41, 5.74) is -0.520. The van der Waals surface area contributed by atoms with Gasteiger partial charge in [-0.15, -0.1) is 0 Å². The Kier molecular flexibility index (Phi) is 8.45. The van der Waals surface area contributed by atoms with E-state index in [1.165, 1.54) is 6.08 Å². The lowest BCUT2D eigenvalue weighted by Crippen LogP contribution is -2.32. The van der Waals surface area contributed by atoms with Gasteiger partial charge in [-0.3, -0.25) is 0 Å². The van der Waals surface area contributed by atoms with Crippen LogP contribution < -0.4 is 0 Å². The molecule has 0 atom stereocenters. The van der Waals surface area contributed by atoms with Crippen LogP contribution in [0.4, 0.5) is 0 Å². The summed E-state index contributed by atoms with van der Waals surface area (Å²) in [5.74, 6) is 0.00839. The van der Waals surface area contributed by atoms with E-state index in [0.29, 0.717) is 5.76 Å². The van der Waals surface area contributed by atoms with Gasteiger partial charge in [-0.25, -0.2) is 4.79 Å². The summed E-state index contributed by atoms with van der Waals surface area (Å²) >= 11 is -2.30. The molecule has 0 saturated carbocycles. The van der Waals surface area contributed by atoms with E-state index in [4.69, 9.17) is 16.1 Å². The predicted octanol–water partition coefficient (Wildman–Crippen LogP) is 3.08. The molecule has 0 spiro atoms. The first-order chi connectivity index (χ1) is 8.99. The topological polar surface area (TPSA) is 54.0 Å². The number of allylic oxidation sites excluding steroid dienone is 1. The van der Waals surface area contributed by atoms with Gasteiger partial charge in [-0.1, -0.05) is 0 Å². The average molecular weight is 302 g/mol. The van der Waals surface area contributed by atoms with Gasteiger partial charge in [0.1, 0.15) is 5.60 Å². The second kappa shape index (κ2) is 8.68. The third-order valence-electron chi connectivity index (χ3n) is 1.78. The number of ether oxygens (including phenoxy) is 1. The summed E-state index contributed by atoms with van der Waals surface area (Å²) in [6.45, 7) is 14.8. The van der Waals surface area contributed by atoms with Crippen LogP contribution in [0.15, 0.2) is 11.8 Å². The first-order valence-electron chi connectivity index (χ1n) is 6.88. The Hall–Kier alpha value is -0.538. The molecule has 0 amide bonds. The average Bonchev–Trinajstić information content (AvgIpc) is 2.09. The normalized spacial score (nSPS) is 12.8. The highest BCUT2D eigenvalue weighted by molar-refractivity contribution is 6.36. The molecule has 0 aliphatic rings. The summed E-state index contributed by atoms with van der Waals surface area (Å²) in [4.78, 5) is 11.7. The molecule has 116 valence electrons. The molecule has 0 aliphatic carbocycles. The minimum atomic E-state index is -2.30. The van der Waals surface area contributed by atoms with Crippen LogP contribution in [-0.4, -0.2) is 38.9 Å². The van der Waals surface area contributed by atoms with Crippen molar-refractivity contribution >= 4 is 21.1 Å². The third-order valence-corrected chi connectivity index (χ3v) is 3.87. The van der Waals surface area contributed by atoms with Crippen LogP contribution in [0, 0.1) is 0 Å². The molecule has 0 N–H and O–H groups in total. The van der Waals surface area contributed by atoms with E-state index in [0.717, 1.165) is 0 Å². The molecule has 0 bridgehead atoms. The van der Waals surface area contributed by atoms with Crippen LogP contribution in [0.1, 0.15) is 55.4 Å². The molecule has 0 aromatic carbocycles. The lowest BCUT2D eigenvalue weighted by molar-refractivity contribution is -0.148. The fourth-order valence-corrected chi connectivity index (χ4v) is 2.65. The van der Waals surface area contributed by atoms with Gasteiger partial charge < -0.3 is 16.1 Å². The van der Waals surface area contributed by atoms with Crippen molar-refractivity contribution in [2.45, 2.75) is 73.2 Å². The number of hydrogen-bond donors (Lipinski definition) is 0. The van der Waals surface area contributed by atoms with Gasteiger partial charge >= 0.3 is 21.1 Å². The molecule has 0 aromatic heterocycles. The van der Waals surface area contributed by atoms with Crippen LogP contribution in [-0.2, 0) is 20.9 Å². The molecule has 0 heterocycles. The monoisotopic (exact) mass is 302 g/mol. The zero-order valence-corrected chi connectivity index (χ0v) is 15.0. The highest BCUT2D eigenvalue weighted by atomic mass is 27.3. The Morgan fingerprint density at radius 3 is 1.85 bits per heavy atom. The summed E-state index contributed by atoms with van der Waals surface area (Å²) in [6.07, 6.45) is 1.35. The molecule has 0 aromatic rings. The number of carbonyl (C=O) groups excluding carboxylic acids is 1. The minimum absolute atomic E-state index is 0.0137. The molecule has 6 heteroatoms. The Morgan fingerprint density at radius 1 is 1.05 bits per heavy atom. The van der Waals surface area contributed by atoms with Crippen molar-refractivity contribution in [3.63, 3.8) is 0 Å². The van der Waals surface area contributed by atoms with Crippen molar-refractivity contribution < 1.29 is 20.9 Å². The van der Waals surface area contributed by atoms with Gasteiger partial charge in [0.05, 0.1) is 11.8 Å². The molecule has 0 rings (SSSR count). The van der Waals surface area contributed by atoms with Gasteiger partial charge in [0.15, 0.2) is 0 Å². The number of esters is 1. The summed E-state index contributed by atoms with van der Waals surface area (Å²) in [5, 5.41) is 0. The van der Waals surface area contributed by atoms with Crippen molar-refractivity contribution in [2.75, 3.05) is 0 Å². The Labute approximate surface area is 127 Å². The van der Waals surface area contributed by atoms with Crippen LogP contribution >= 0.6 is 0 Å². The minimum Gasteiger partial charge on any atom is -0.602 e. The SMILES string of the molecule is C/C(=C/C(=O)OC(C)(C)C)[O][Al]([O]C(C)C)[O]C(C)C. The van der Waals surface area contributed by atoms with Crippen LogP contribution in [0.5, 0.6) is 0 Å². The largest absolute Gasteiger partial charge is 1.00 e. The van der Waals surface area contributed by atoms with Gasteiger partial charge in [0.25, 0.3) is 0 Å². The highest BCUT2D eigenvalue weighted by Crippen LogP contribution is 2.10. The quantitative estimate of drug-likeness (QED) is 0.313. The van der Waals surface area contributed by atoms with E-state index in [1.54, 1.807) is 6.92 Å². The molecule has 0 aliphatic heterocycles. The molecule has 0 radical (unpaired) electrons. The maximum atomic E-state index is 11.7.